The summed E-state index contributed by atoms with van der Waals surface area (Å²) in [7, 11) is 0. The summed E-state index contributed by atoms with van der Waals surface area (Å²) in [4.78, 5) is 16.6. The number of benzene rings is 2. The first-order valence-corrected chi connectivity index (χ1v) is 7.90. The van der Waals surface area contributed by atoms with Crippen LogP contribution in [0.25, 0.3) is 11.2 Å². The van der Waals surface area contributed by atoms with Crippen LogP contribution in [0.2, 0.25) is 0 Å². The summed E-state index contributed by atoms with van der Waals surface area (Å²) >= 11 is 0. The number of aromatic amines is 1. The number of rotatable bonds is 5. The predicted molar refractivity (Wildman–Crippen MR) is 94.7 cm³/mol. The highest BCUT2D eigenvalue weighted by atomic mass is 15.1. The number of nitrogens with one attached hydrogen (secondary N) is 2. The standard InChI is InChI=1S/C19H17N5/c1-3-7-14(8-4-1)11-16-23-18(17-19(24-16)22-13-21-17)20-12-15-9-5-2-6-10-15/h1-10,13H,11-12H2,(H2,20,21,22,23,24). The van der Waals surface area contributed by atoms with Crippen LogP contribution in [0.1, 0.15) is 17.0 Å². The zero-order valence-corrected chi connectivity index (χ0v) is 13.1. The Labute approximate surface area is 139 Å². The molecule has 0 radical (unpaired) electrons. The SMILES string of the molecule is c1ccc(CNc2nc(Cc3ccccc3)nc3nc[nH]c23)cc1. The lowest BCUT2D eigenvalue weighted by Gasteiger charge is -2.08. The fraction of sp³-hybridized carbons (Fsp3) is 0.105. The van der Waals surface area contributed by atoms with Gasteiger partial charge in [0.15, 0.2) is 11.5 Å². The maximum Gasteiger partial charge on any atom is 0.183 e. The molecule has 118 valence electrons. The van der Waals surface area contributed by atoms with Crippen LogP contribution in [0.5, 0.6) is 0 Å². The molecule has 0 bridgehead atoms. The number of fused-ring (bicyclic) bond motifs is 1. The fourth-order valence-electron chi connectivity index (χ4n) is 2.65. The molecule has 2 heterocycles. The molecular formula is C19H17N5. The number of imidazole rings is 1. The zero-order chi connectivity index (χ0) is 16.2. The first kappa shape index (κ1) is 14.4. The summed E-state index contributed by atoms with van der Waals surface area (Å²) in [5, 5.41) is 3.39. The van der Waals surface area contributed by atoms with Crippen molar-refractivity contribution in [3.8, 4) is 0 Å². The van der Waals surface area contributed by atoms with Crippen molar-refractivity contribution in [1.29, 1.82) is 0 Å². The third-order valence-corrected chi connectivity index (χ3v) is 3.84. The molecule has 2 N–H and O–H groups in total. The van der Waals surface area contributed by atoms with Gasteiger partial charge in [-0.2, -0.15) is 0 Å². The average molecular weight is 315 g/mol. The normalized spacial score (nSPS) is 10.8. The van der Waals surface area contributed by atoms with Gasteiger partial charge in [0.05, 0.1) is 6.33 Å². The topological polar surface area (TPSA) is 66.5 Å². The number of aromatic nitrogens is 4. The van der Waals surface area contributed by atoms with E-state index in [4.69, 9.17) is 0 Å². The second-order valence-corrected chi connectivity index (χ2v) is 5.59. The minimum absolute atomic E-state index is 0.684. The Kier molecular flexibility index (Phi) is 3.90. The van der Waals surface area contributed by atoms with Crippen LogP contribution in [-0.4, -0.2) is 19.9 Å². The molecular weight excluding hydrogens is 298 g/mol. The number of anilines is 1. The van der Waals surface area contributed by atoms with E-state index < -0.39 is 0 Å². The minimum Gasteiger partial charge on any atom is -0.364 e. The first-order chi connectivity index (χ1) is 11.9. The summed E-state index contributed by atoms with van der Waals surface area (Å²) in [6.07, 6.45) is 2.34. The molecule has 4 rings (SSSR count). The third kappa shape index (κ3) is 3.10. The molecule has 0 spiro atoms. The van der Waals surface area contributed by atoms with Crippen LogP contribution >= 0.6 is 0 Å². The smallest absolute Gasteiger partial charge is 0.183 e. The Hall–Kier alpha value is -3.21. The Morgan fingerprint density at radius 1 is 0.833 bits per heavy atom. The van der Waals surface area contributed by atoms with E-state index in [0.29, 0.717) is 18.6 Å². The Bertz CT molecular complexity index is 932. The van der Waals surface area contributed by atoms with E-state index >= 15 is 0 Å². The average Bonchev–Trinajstić information content (AvgIpc) is 3.10. The second-order valence-electron chi connectivity index (χ2n) is 5.59. The molecule has 0 aliphatic carbocycles. The van der Waals surface area contributed by atoms with Crippen LogP contribution in [-0.2, 0) is 13.0 Å². The first-order valence-electron chi connectivity index (χ1n) is 7.90. The Balaban J connectivity index is 1.62. The molecule has 5 heteroatoms. The Morgan fingerprint density at radius 2 is 1.54 bits per heavy atom. The molecule has 0 unspecified atom stereocenters. The lowest BCUT2D eigenvalue weighted by Crippen LogP contribution is -2.06. The van der Waals surface area contributed by atoms with E-state index in [-0.39, 0.29) is 0 Å². The van der Waals surface area contributed by atoms with Crippen molar-refractivity contribution in [2.24, 2.45) is 0 Å². The van der Waals surface area contributed by atoms with Gasteiger partial charge in [-0.1, -0.05) is 60.7 Å². The summed E-state index contributed by atoms with van der Waals surface area (Å²) in [6.45, 7) is 0.705. The van der Waals surface area contributed by atoms with Gasteiger partial charge in [-0.15, -0.1) is 0 Å². The van der Waals surface area contributed by atoms with E-state index in [0.717, 1.165) is 17.2 Å². The van der Waals surface area contributed by atoms with E-state index in [1.165, 1.54) is 11.1 Å². The fourth-order valence-corrected chi connectivity index (χ4v) is 2.65. The van der Waals surface area contributed by atoms with E-state index in [1.54, 1.807) is 6.33 Å². The summed E-state index contributed by atoms with van der Waals surface area (Å²) in [5.41, 5.74) is 3.91. The van der Waals surface area contributed by atoms with Crippen LogP contribution < -0.4 is 5.32 Å². The summed E-state index contributed by atoms with van der Waals surface area (Å²) < 4.78 is 0. The van der Waals surface area contributed by atoms with Crippen molar-refractivity contribution in [1.82, 2.24) is 19.9 Å². The number of H-pyrrole nitrogens is 1. The van der Waals surface area contributed by atoms with Crippen molar-refractivity contribution in [3.05, 3.63) is 83.9 Å². The van der Waals surface area contributed by atoms with Gasteiger partial charge >= 0.3 is 0 Å². The van der Waals surface area contributed by atoms with Crippen molar-refractivity contribution < 1.29 is 0 Å². The lowest BCUT2D eigenvalue weighted by molar-refractivity contribution is 0.975. The van der Waals surface area contributed by atoms with Crippen molar-refractivity contribution >= 4 is 17.0 Å². The van der Waals surface area contributed by atoms with Gasteiger partial charge in [0, 0.05) is 13.0 Å². The Morgan fingerprint density at radius 3 is 2.29 bits per heavy atom. The molecule has 5 nitrogen and oxygen atoms in total. The van der Waals surface area contributed by atoms with Gasteiger partial charge in [-0.05, 0) is 11.1 Å². The van der Waals surface area contributed by atoms with Crippen LogP contribution in [0, 0.1) is 0 Å². The molecule has 4 aromatic rings. The van der Waals surface area contributed by atoms with Crippen molar-refractivity contribution in [3.63, 3.8) is 0 Å². The summed E-state index contributed by atoms with van der Waals surface area (Å²) in [6, 6.07) is 20.5. The van der Waals surface area contributed by atoms with Gasteiger partial charge in [0.25, 0.3) is 0 Å². The lowest BCUT2D eigenvalue weighted by atomic mass is 10.1. The molecule has 0 fully saturated rings. The highest BCUT2D eigenvalue weighted by Crippen LogP contribution is 2.19. The van der Waals surface area contributed by atoms with Gasteiger partial charge in [0.2, 0.25) is 0 Å². The van der Waals surface area contributed by atoms with Gasteiger partial charge < -0.3 is 10.3 Å². The number of hydrogen-bond acceptors (Lipinski definition) is 4. The molecule has 0 amide bonds. The summed E-state index contributed by atoms with van der Waals surface area (Å²) in [5.74, 6) is 1.55. The highest BCUT2D eigenvalue weighted by molar-refractivity contribution is 5.82. The van der Waals surface area contributed by atoms with E-state index in [9.17, 15) is 0 Å². The van der Waals surface area contributed by atoms with Crippen molar-refractivity contribution in [2.75, 3.05) is 5.32 Å². The molecule has 24 heavy (non-hydrogen) atoms. The van der Waals surface area contributed by atoms with E-state index in [1.807, 2.05) is 36.4 Å². The van der Waals surface area contributed by atoms with Gasteiger partial charge in [-0.3, -0.25) is 0 Å². The zero-order valence-electron chi connectivity index (χ0n) is 13.1. The maximum atomic E-state index is 4.69. The third-order valence-electron chi connectivity index (χ3n) is 3.84. The van der Waals surface area contributed by atoms with Crippen LogP contribution in [0.4, 0.5) is 5.82 Å². The second kappa shape index (κ2) is 6.50. The molecule has 0 aliphatic heterocycles. The molecule has 0 saturated heterocycles. The van der Waals surface area contributed by atoms with Crippen LogP contribution in [0.15, 0.2) is 67.0 Å². The maximum absolute atomic E-state index is 4.69. The number of hydrogen-bond donors (Lipinski definition) is 2. The van der Waals surface area contributed by atoms with Crippen molar-refractivity contribution in [2.45, 2.75) is 13.0 Å². The molecule has 0 atom stereocenters. The highest BCUT2D eigenvalue weighted by Gasteiger charge is 2.10. The number of nitrogens with zero attached hydrogens (tertiary/aromatic N) is 3. The molecule has 0 saturated carbocycles. The molecule has 0 aliphatic rings. The molecule has 2 aromatic heterocycles. The van der Waals surface area contributed by atoms with Crippen LogP contribution in [0.3, 0.4) is 0 Å². The minimum atomic E-state index is 0.684. The van der Waals surface area contributed by atoms with Gasteiger partial charge in [0.1, 0.15) is 11.3 Å². The monoisotopic (exact) mass is 315 g/mol. The predicted octanol–water partition coefficient (Wildman–Crippen LogP) is 3.56. The quantitative estimate of drug-likeness (QED) is 0.591. The molecule has 2 aromatic carbocycles. The largest absolute Gasteiger partial charge is 0.364 e. The van der Waals surface area contributed by atoms with E-state index in [2.05, 4.69) is 49.5 Å². The van der Waals surface area contributed by atoms with Gasteiger partial charge in [-0.25, -0.2) is 15.0 Å².